The van der Waals surface area contributed by atoms with Crippen LogP contribution in [0.5, 0.6) is 0 Å². The Hall–Kier alpha value is -1.94. The average Bonchev–Trinajstić information content (AvgIpc) is 2.51. The minimum Gasteiger partial charge on any atom is -0.367 e. The lowest BCUT2D eigenvalue weighted by Crippen LogP contribution is -2.44. The van der Waals surface area contributed by atoms with Crippen molar-refractivity contribution in [3.63, 3.8) is 0 Å². The molecule has 0 bridgehead atoms. The lowest BCUT2D eigenvalue weighted by atomic mass is 9.97. The number of likely N-dealkylation sites (tertiary alicyclic amines) is 1. The van der Waals surface area contributed by atoms with Gasteiger partial charge in [0.05, 0.1) is 0 Å². The fourth-order valence-corrected chi connectivity index (χ4v) is 3.10. The largest absolute Gasteiger partial charge is 0.367 e. The Balaban J connectivity index is 1.56. The molecule has 0 spiro atoms. The van der Waals surface area contributed by atoms with Gasteiger partial charge in [0.15, 0.2) is 0 Å². The van der Waals surface area contributed by atoms with Crippen LogP contribution in [0.3, 0.4) is 0 Å². The van der Waals surface area contributed by atoms with Gasteiger partial charge in [-0.05, 0) is 37.5 Å². The van der Waals surface area contributed by atoms with Gasteiger partial charge in [-0.15, -0.1) is 0 Å². The minimum atomic E-state index is -0.431. The van der Waals surface area contributed by atoms with Crippen LogP contribution in [0.25, 0.3) is 0 Å². The highest BCUT2D eigenvalue weighted by Gasteiger charge is 2.25. The van der Waals surface area contributed by atoms with Gasteiger partial charge in [0.2, 0.25) is 5.95 Å². The molecular formula is C18H22FN3. The monoisotopic (exact) mass is 299 g/mol. The Kier molecular flexibility index (Phi) is 4.68. The average molecular weight is 299 g/mol. The first kappa shape index (κ1) is 15.0. The summed E-state index contributed by atoms with van der Waals surface area (Å²) >= 11 is 0. The van der Waals surface area contributed by atoms with Gasteiger partial charge in [0, 0.05) is 25.2 Å². The van der Waals surface area contributed by atoms with Crippen LogP contribution in [0.2, 0.25) is 0 Å². The maximum Gasteiger partial charge on any atom is 0.214 e. The zero-order valence-corrected chi connectivity index (χ0v) is 12.9. The second kappa shape index (κ2) is 6.88. The zero-order valence-electron chi connectivity index (χ0n) is 12.9. The van der Waals surface area contributed by atoms with Gasteiger partial charge >= 0.3 is 0 Å². The third kappa shape index (κ3) is 3.83. The second-order valence-electron chi connectivity index (χ2n) is 6.02. The molecule has 2 heterocycles. The van der Waals surface area contributed by atoms with E-state index in [9.17, 15) is 4.39 Å². The van der Waals surface area contributed by atoms with Crippen molar-refractivity contribution >= 4 is 5.82 Å². The van der Waals surface area contributed by atoms with E-state index in [4.69, 9.17) is 0 Å². The van der Waals surface area contributed by atoms with E-state index in [1.165, 1.54) is 11.6 Å². The van der Waals surface area contributed by atoms with E-state index in [2.05, 4.69) is 52.5 Å². The van der Waals surface area contributed by atoms with E-state index in [0.29, 0.717) is 17.9 Å². The van der Waals surface area contributed by atoms with Crippen LogP contribution in [-0.4, -0.2) is 28.5 Å². The molecule has 3 rings (SSSR count). The number of pyridine rings is 1. The van der Waals surface area contributed by atoms with E-state index in [1.54, 1.807) is 6.07 Å². The molecule has 1 aliphatic heterocycles. The molecule has 1 aliphatic rings. The molecule has 0 radical (unpaired) electrons. The Bertz CT molecular complexity index is 602. The number of halogens is 1. The number of nitrogens with one attached hydrogen (secondary N) is 1. The number of piperidine rings is 1. The van der Waals surface area contributed by atoms with Crippen molar-refractivity contribution in [2.24, 2.45) is 0 Å². The fourth-order valence-electron chi connectivity index (χ4n) is 3.10. The first-order valence-corrected chi connectivity index (χ1v) is 7.88. The predicted octanol–water partition coefficient (Wildman–Crippen LogP) is 3.69. The van der Waals surface area contributed by atoms with Crippen molar-refractivity contribution in [1.29, 1.82) is 0 Å². The third-order valence-corrected chi connectivity index (χ3v) is 4.31. The molecule has 4 heteroatoms. The lowest BCUT2D eigenvalue weighted by molar-refractivity contribution is 0.144. The first-order valence-electron chi connectivity index (χ1n) is 7.88. The summed E-state index contributed by atoms with van der Waals surface area (Å²) < 4.78 is 13.1. The van der Waals surface area contributed by atoms with Gasteiger partial charge in [0.1, 0.15) is 5.82 Å². The van der Waals surface area contributed by atoms with Gasteiger partial charge < -0.3 is 5.32 Å². The van der Waals surface area contributed by atoms with Crippen molar-refractivity contribution in [3.8, 4) is 0 Å². The molecule has 0 amide bonds. The van der Waals surface area contributed by atoms with Crippen LogP contribution in [0.15, 0.2) is 48.5 Å². The van der Waals surface area contributed by atoms with Crippen LogP contribution < -0.4 is 5.32 Å². The highest BCUT2D eigenvalue weighted by atomic mass is 19.1. The quantitative estimate of drug-likeness (QED) is 0.873. The van der Waals surface area contributed by atoms with Crippen LogP contribution in [0.4, 0.5) is 10.2 Å². The standard InChI is InChI=1S/C18H22FN3/c1-14-12-16(20-18-9-5-8-17(19)21-18)10-11-22(14)13-15-6-3-2-4-7-15/h2-9,14,16H,10-13H2,1H3,(H,20,21). The molecule has 2 atom stereocenters. The van der Waals surface area contributed by atoms with E-state index in [-0.39, 0.29) is 0 Å². The number of hydrogen-bond donors (Lipinski definition) is 1. The summed E-state index contributed by atoms with van der Waals surface area (Å²) in [7, 11) is 0. The fraction of sp³-hybridized carbons (Fsp3) is 0.389. The summed E-state index contributed by atoms with van der Waals surface area (Å²) in [6.07, 6.45) is 2.10. The predicted molar refractivity (Wildman–Crippen MR) is 87.2 cm³/mol. The van der Waals surface area contributed by atoms with Crippen LogP contribution in [0, 0.1) is 5.95 Å². The number of benzene rings is 1. The summed E-state index contributed by atoms with van der Waals surface area (Å²) in [5.41, 5.74) is 1.35. The van der Waals surface area contributed by atoms with E-state index in [1.807, 2.05) is 6.07 Å². The first-order chi connectivity index (χ1) is 10.7. The van der Waals surface area contributed by atoms with Gasteiger partial charge in [-0.25, -0.2) is 4.98 Å². The zero-order chi connectivity index (χ0) is 15.4. The van der Waals surface area contributed by atoms with Crippen molar-refractivity contribution < 1.29 is 4.39 Å². The Morgan fingerprint density at radius 2 is 2.00 bits per heavy atom. The molecule has 3 nitrogen and oxygen atoms in total. The van der Waals surface area contributed by atoms with Crippen molar-refractivity contribution in [2.75, 3.05) is 11.9 Å². The SMILES string of the molecule is CC1CC(Nc2cccc(F)n2)CCN1Cc1ccccc1. The number of hydrogen-bond acceptors (Lipinski definition) is 3. The van der Waals surface area contributed by atoms with Crippen LogP contribution in [-0.2, 0) is 6.54 Å². The smallest absolute Gasteiger partial charge is 0.214 e. The third-order valence-electron chi connectivity index (χ3n) is 4.31. The van der Waals surface area contributed by atoms with Gasteiger partial charge in [0.25, 0.3) is 0 Å². The highest BCUT2D eigenvalue weighted by Crippen LogP contribution is 2.22. The van der Waals surface area contributed by atoms with E-state index in [0.717, 1.165) is 25.9 Å². The summed E-state index contributed by atoms with van der Waals surface area (Å²) in [4.78, 5) is 6.39. The molecule has 22 heavy (non-hydrogen) atoms. The molecule has 1 N–H and O–H groups in total. The number of rotatable bonds is 4. The topological polar surface area (TPSA) is 28.2 Å². The number of anilines is 1. The van der Waals surface area contributed by atoms with Crippen molar-refractivity contribution in [1.82, 2.24) is 9.88 Å². The van der Waals surface area contributed by atoms with Gasteiger partial charge in [-0.2, -0.15) is 4.39 Å². The molecule has 0 aliphatic carbocycles. The molecular weight excluding hydrogens is 277 g/mol. The molecule has 1 fully saturated rings. The summed E-state index contributed by atoms with van der Waals surface area (Å²) in [6.45, 7) is 4.30. The normalized spacial score (nSPS) is 22.5. The van der Waals surface area contributed by atoms with Gasteiger partial charge in [-0.1, -0.05) is 36.4 Å². The Morgan fingerprint density at radius 3 is 2.73 bits per heavy atom. The molecule has 2 unspecified atom stereocenters. The lowest BCUT2D eigenvalue weighted by Gasteiger charge is -2.38. The van der Waals surface area contributed by atoms with E-state index >= 15 is 0 Å². The maximum absolute atomic E-state index is 13.1. The maximum atomic E-state index is 13.1. The van der Waals surface area contributed by atoms with Crippen LogP contribution in [0.1, 0.15) is 25.3 Å². The number of aromatic nitrogens is 1. The molecule has 0 saturated carbocycles. The summed E-state index contributed by atoms with van der Waals surface area (Å²) in [6, 6.07) is 16.3. The van der Waals surface area contributed by atoms with Gasteiger partial charge in [-0.3, -0.25) is 4.90 Å². The highest BCUT2D eigenvalue weighted by molar-refractivity contribution is 5.35. The minimum absolute atomic E-state index is 0.358. The summed E-state index contributed by atoms with van der Waals surface area (Å²) in [5, 5.41) is 3.36. The second-order valence-corrected chi connectivity index (χ2v) is 6.02. The Morgan fingerprint density at radius 1 is 1.18 bits per heavy atom. The van der Waals surface area contributed by atoms with Crippen LogP contribution >= 0.6 is 0 Å². The molecule has 116 valence electrons. The van der Waals surface area contributed by atoms with Crippen molar-refractivity contribution in [2.45, 2.75) is 38.4 Å². The molecule has 1 saturated heterocycles. The molecule has 1 aromatic carbocycles. The summed E-state index contributed by atoms with van der Waals surface area (Å²) in [5.74, 6) is 0.202. The van der Waals surface area contributed by atoms with Crippen molar-refractivity contribution in [3.05, 3.63) is 60.0 Å². The molecule has 2 aromatic rings. The number of nitrogens with zero attached hydrogens (tertiary/aromatic N) is 2. The Labute approximate surface area is 131 Å². The van der Waals surface area contributed by atoms with E-state index < -0.39 is 5.95 Å². The molecule has 1 aromatic heterocycles.